The van der Waals surface area contributed by atoms with Crippen LogP contribution in [0.5, 0.6) is 0 Å². The third-order valence-electron chi connectivity index (χ3n) is 3.77. The van der Waals surface area contributed by atoms with Crippen LogP contribution < -0.4 is 5.32 Å². The molecule has 3 rings (SSSR count). The third kappa shape index (κ3) is 2.80. The SMILES string of the molecule is Cc1c(Cl)cccc1NCc1nc2n(n1)CCCCC2. The number of nitrogens with one attached hydrogen (secondary N) is 1. The van der Waals surface area contributed by atoms with Crippen molar-refractivity contribution in [2.24, 2.45) is 0 Å². The Kier molecular flexibility index (Phi) is 3.92. The highest BCUT2D eigenvalue weighted by Gasteiger charge is 2.12. The zero-order chi connectivity index (χ0) is 13.9. The zero-order valence-corrected chi connectivity index (χ0v) is 12.5. The van der Waals surface area contributed by atoms with Gasteiger partial charge in [0, 0.05) is 23.7 Å². The Morgan fingerprint density at radius 1 is 1.30 bits per heavy atom. The van der Waals surface area contributed by atoms with Crippen LogP contribution in [0.15, 0.2) is 18.2 Å². The number of hydrogen-bond acceptors (Lipinski definition) is 3. The molecule has 4 nitrogen and oxygen atoms in total. The van der Waals surface area contributed by atoms with Gasteiger partial charge >= 0.3 is 0 Å². The summed E-state index contributed by atoms with van der Waals surface area (Å²) in [6, 6.07) is 5.88. The van der Waals surface area contributed by atoms with Crippen molar-refractivity contribution in [2.75, 3.05) is 5.32 Å². The Morgan fingerprint density at radius 3 is 3.10 bits per heavy atom. The van der Waals surface area contributed by atoms with Crippen LogP contribution in [0.25, 0.3) is 0 Å². The number of halogens is 1. The van der Waals surface area contributed by atoms with Crippen molar-refractivity contribution in [3.05, 3.63) is 40.4 Å². The molecule has 0 atom stereocenters. The number of aryl methyl sites for hydroxylation is 2. The summed E-state index contributed by atoms with van der Waals surface area (Å²) in [6.07, 6.45) is 4.75. The minimum atomic E-state index is 0.640. The smallest absolute Gasteiger partial charge is 0.169 e. The van der Waals surface area contributed by atoms with Gasteiger partial charge in [-0.1, -0.05) is 24.1 Å². The zero-order valence-electron chi connectivity index (χ0n) is 11.7. The van der Waals surface area contributed by atoms with Crippen LogP contribution in [0.1, 0.15) is 36.5 Å². The van der Waals surface area contributed by atoms with Crippen LogP contribution in [0.2, 0.25) is 5.02 Å². The van der Waals surface area contributed by atoms with Gasteiger partial charge in [-0.3, -0.25) is 0 Å². The number of fused-ring (bicyclic) bond motifs is 1. The highest BCUT2D eigenvalue weighted by Crippen LogP contribution is 2.23. The molecule has 0 spiro atoms. The summed E-state index contributed by atoms with van der Waals surface area (Å²) >= 11 is 6.12. The third-order valence-corrected chi connectivity index (χ3v) is 4.18. The summed E-state index contributed by atoms with van der Waals surface area (Å²) < 4.78 is 2.06. The van der Waals surface area contributed by atoms with Crippen LogP contribution in [0, 0.1) is 6.92 Å². The topological polar surface area (TPSA) is 42.7 Å². The van der Waals surface area contributed by atoms with E-state index in [2.05, 4.69) is 20.1 Å². The van der Waals surface area contributed by atoms with Gasteiger partial charge < -0.3 is 5.32 Å². The Balaban J connectivity index is 1.71. The molecule has 106 valence electrons. The largest absolute Gasteiger partial charge is 0.377 e. The van der Waals surface area contributed by atoms with Gasteiger partial charge in [0.05, 0.1) is 6.54 Å². The van der Waals surface area contributed by atoms with Gasteiger partial charge in [0.1, 0.15) is 5.82 Å². The van der Waals surface area contributed by atoms with Gasteiger partial charge in [-0.15, -0.1) is 0 Å². The second kappa shape index (κ2) is 5.83. The number of anilines is 1. The van der Waals surface area contributed by atoms with E-state index < -0.39 is 0 Å². The lowest BCUT2D eigenvalue weighted by atomic mass is 10.2. The van der Waals surface area contributed by atoms with Crippen molar-refractivity contribution in [3.8, 4) is 0 Å². The maximum Gasteiger partial charge on any atom is 0.169 e. The minimum absolute atomic E-state index is 0.640. The average molecular weight is 291 g/mol. The lowest BCUT2D eigenvalue weighted by Gasteiger charge is -2.08. The van der Waals surface area contributed by atoms with Crippen molar-refractivity contribution in [3.63, 3.8) is 0 Å². The summed E-state index contributed by atoms with van der Waals surface area (Å²) in [5.74, 6) is 1.99. The van der Waals surface area contributed by atoms with E-state index in [1.807, 2.05) is 25.1 Å². The Hall–Kier alpha value is -1.55. The molecule has 0 fully saturated rings. The standard InChI is InChI=1S/C15H19ClN4/c1-11-12(16)6-5-7-13(11)17-10-14-18-15-8-3-2-4-9-20(15)19-14/h5-7,17H,2-4,8-10H2,1H3. The molecule has 2 heterocycles. The maximum atomic E-state index is 6.12. The number of hydrogen-bond donors (Lipinski definition) is 1. The van der Waals surface area contributed by atoms with E-state index in [0.717, 1.165) is 40.9 Å². The van der Waals surface area contributed by atoms with Gasteiger partial charge in [0.25, 0.3) is 0 Å². The number of nitrogens with zero attached hydrogens (tertiary/aromatic N) is 3. The van der Waals surface area contributed by atoms with Crippen molar-refractivity contribution in [1.82, 2.24) is 14.8 Å². The van der Waals surface area contributed by atoms with E-state index in [-0.39, 0.29) is 0 Å². The number of aromatic nitrogens is 3. The second-order valence-electron chi connectivity index (χ2n) is 5.24. The van der Waals surface area contributed by atoms with E-state index in [1.165, 1.54) is 19.3 Å². The molecule has 2 aromatic rings. The molecule has 0 aliphatic carbocycles. The minimum Gasteiger partial charge on any atom is -0.377 e. The highest BCUT2D eigenvalue weighted by atomic mass is 35.5. The molecule has 0 bridgehead atoms. The molecule has 1 aromatic heterocycles. The normalized spacial score (nSPS) is 14.7. The predicted molar refractivity (Wildman–Crippen MR) is 81.1 cm³/mol. The fourth-order valence-corrected chi connectivity index (χ4v) is 2.73. The van der Waals surface area contributed by atoms with E-state index in [9.17, 15) is 0 Å². The highest BCUT2D eigenvalue weighted by molar-refractivity contribution is 6.31. The van der Waals surface area contributed by atoms with Crippen LogP contribution >= 0.6 is 11.6 Å². The summed E-state index contributed by atoms with van der Waals surface area (Å²) in [5, 5.41) is 8.74. The fourth-order valence-electron chi connectivity index (χ4n) is 2.56. The van der Waals surface area contributed by atoms with Crippen molar-refractivity contribution in [1.29, 1.82) is 0 Å². The molecule has 5 heteroatoms. The first-order chi connectivity index (χ1) is 9.74. The first-order valence-electron chi connectivity index (χ1n) is 7.15. The number of rotatable bonds is 3. The first-order valence-corrected chi connectivity index (χ1v) is 7.53. The van der Waals surface area contributed by atoms with Gasteiger partial charge in [-0.2, -0.15) is 5.10 Å². The maximum absolute atomic E-state index is 6.12. The van der Waals surface area contributed by atoms with Crippen molar-refractivity contribution >= 4 is 17.3 Å². The molecule has 1 N–H and O–H groups in total. The molecular formula is C15H19ClN4. The molecule has 1 aliphatic heterocycles. The van der Waals surface area contributed by atoms with Gasteiger partial charge in [0.15, 0.2) is 5.82 Å². The molecule has 20 heavy (non-hydrogen) atoms. The molecule has 0 saturated carbocycles. The number of benzene rings is 1. The van der Waals surface area contributed by atoms with E-state index in [1.54, 1.807) is 0 Å². The second-order valence-corrected chi connectivity index (χ2v) is 5.65. The summed E-state index contributed by atoms with van der Waals surface area (Å²) in [6.45, 7) is 3.65. The first kappa shape index (κ1) is 13.4. The van der Waals surface area contributed by atoms with Gasteiger partial charge in [0.2, 0.25) is 0 Å². The van der Waals surface area contributed by atoms with Crippen LogP contribution in [-0.4, -0.2) is 14.8 Å². The molecule has 0 unspecified atom stereocenters. The van der Waals surface area contributed by atoms with Crippen LogP contribution in [0.4, 0.5) is 5.69 Å². The fraction of sp³-hybridized carbons (Fsp3) is 0.467. The summed E-state index contributed by atoms with van der Waals surface area (Å²) in [4.78, 5) is 4.63. The van der Waals surface area contributed by atoms with Gasteiger partial charge in [-0.25, -0.2) is 9.67 Å². The molecule has 1 aromatic carbocycles. The molecular weight excluding hydrogens is 272 g/mol. The van der Waals surface area contributed by atoms with Crippen molar-refractivity contribution in [2.45, 2.75) is 45.7 Å². The lowest BCUT2D eigenvalue weighted by molar-refractivity contribution is 0.570. The lowest BCUT2D eigenvalue weighted by Crippen LogP contribution is -2.05. The average Bonchev–Trinajstić information content (AvgIpc) is 2.70. The van der Waals surface area contributed by atoms with Gasteiger partial charge in [-0.05, 0) is 37.5 Å². The predicted octanol–water partition coefficient (Wildman–Crippen LogP) is 3.58. The molecule has 1 aliphatic rings. The van der Waals surface area contributed by atoms with Crippen LogP contribution in [0.3, 0.4) is 0 Å². The monoisotopic (exact) mass is 290 g/mol. The molecule has 0 radical (unpaired) electrons. The molecule has 0 amide bonds. The molecule has 0 saturated heterocycles. The Labute approximate surface area is 124 Å². The quantitative estimate of drug-likeness (QED) is 0.939. The van der Waals surface area contributed by atoms with E-state index in [0.29, 0.717) is 6.54 Å². The Morgan fingerprint density at radius 2 is 2.20 bits per heavy atom. The van der Waals surface area contributed by atoms with E-state index in [4.69, 9.17) is 11.6 Å². The van der Waals surface area contributed by atoms with Crippen LogP contribution in [-0.2, 0) is 19.5 Å². The van der Waals surface area contributed by atoms with Crippen molar-refractivity contribution < 1.29 is 0 Å². The van der Waals surface area contributed by atoms with E-state index >= 15 is 0 Å². The summed E-state index contributed by atoms with van der Waals surface area (Å²) in [7, 11) is 0. The summed E-state index contributed by atoms with van der Waals surface area (Å²) in [5.41, 5.74) is 2.11. The Bertz CT molecular complexity index is 582.